The molecule has 0 aliphatic carbocycles. The largest absolute Gasteiger partial charge is 0.394 e. The van der Waals surface area contributed by atoms with Crippen molar-refractivity contribution in [3.8, 4) is 12.3 Å². The van der Waals surface area contributed by atoms with Crippen LogP contribution in [0.15, 0.2) is 0 Å². The molecule has 4 N–H and O–H groups in total. The maximum atomic E-state index is 9.79. The molecule has 0 amide bonds. The van der Waals surface area contributed by atoms with Crippen molar-refractivity contribution in [2.45, 2.75) is 30.7 Å². The minimum Gasteiger partial charge on any atom is -0.394 e. The molecular weight excluding hydrogens is 364 g/mol. The Kier molecular flexibility index (Phi) is 13.6. The van der Waals surface area contributed by atoms with Crippen molar-refractivity contribution in [3.63, 3.8) is 0 Å². The number of hydrogen-bond donors (Lipinski definition) is 4. The van der Waals surface area contributed by atoms with Gasteiger partial charge in [0, 0.05) is 0 Å². The van der Waals surface area contributed by atoms with Crippen LogP contribution in [0, 0.1) is 12.3 Å². The van der Waals surface area contributed by atoms with Crippen LogP contribution in [0.4, 0.5) is 0 Å². The van der Waals surface area contributed by atoms with Crippen molar-refractivity contribution in [1.82, 2.24) is 0 Å². The molecule has 1 aliphatic heterocycles. The van der Waals surface area contributed by atoms with Crippen LogP contribution in [0.1, 0.15) is 0 Å². The fourth-order valence-corrected chi connectivity index (χ4v) is 2.22. The van der Waals surface area contributed by atoms with Gasteiger partial charge in [0.05, 0.1) is 59.5 Å². The Morgan fingerprint density at radius 1 is 0.741 bits per heavy atom. The molecule has 0 aromatic rings. The first-order valence-electron chi connectivity index (χ1n) is 8.78. The lowest BCUT2D eigenvalue weighted by Gasteiger charge is -2.39. The summed E-state index contributed by atoms with van der Waals surface area (Å²) in [7, 11) is 0. The Morgan fingerprint density at radius 3 is 1.78 bits per heavy atom. The molecule has 0 saturated carbocycles. The van der Waals surface area contributed by atoms with E-state index >= 15 is 0 Å². The van der Waals surface area contributed by atoms with Crippen LogP contribution in [0.25, 0.3) is 0 Å². The topological polar surface area (TPSA) is 136 Å². The van der Waals surface area contributed by atoms with E-state index < -0.39 is 37.3 Å². The zero-order valence-electron chi connectivity index (χ0n) is 15.3. The van der Waals surface area contributed by atoms with Crippen LogP contribution in [0.3, 0.4) is 0 Å². The van der Waals surface area contributed by atoms with Gasteiger partial charge in [0.2, 0.25) is 0 Å². The van der Waals surface area contributed by atoms with Gasteiger partial charge in [-0.05, 0) is 0 Å². The number of hydrogen-bond acceptors (Lipinski definition) is 10. The van der Waals surface area contributed by atoms with E-state index in [1.807, 2.05) is 0 Å². The lowest BCUT2D eigenvalue weighted by atomic mass is 9.99. The highest BCUT2D eigenvalue weighted by Crippen LogP contribution is 2.21. The number of ether oxygens (including phenoxy) is 6. The zero-order chi connectivity index (χ0) is 19.9. The van der Waals surface area contributed by atoms with Crippen molar-refractivity contribution in [1.29, 1.82) is 0 Å². The zero-order valence-corrected chi connectivity index (χ0v) is 15.3. The Bertz CT molecular complexity index is 400. The minimum absolute atomic E-state index is 0.101. The molecule has 1 heterocycles. The normalized spacial score (nSPS) is 28.2. The van der Waals surface area contributed by atoms with Gasteiger partial charge in [-0.3, -0.25) is 0 Å². The van der Waals surface area contributed by atoms with E-state index in [2.05, 4.69) is 5.92 Å². The van der Waals surface area contributed by atoms with Crippen molar-refractivity contribution >= 4 is 0 Å². The fourth-order valence-electron chi connectivity index (χ4n) is 2.22. The Balaban J connectivity index is 1.93. The molecule has 1 saturated heterocycles. The maximum absolute atomic E-state index is 9.79. The Hall–Kier alpha value is -0.840. The highest BCUT2D eigenvalue weighted by atomic mass is 16.7. The van der Waals surface area contributed by atoms with E-state index in [1.54, 1.807) is 0 Å². The predicted octanol–water partition coefficient (Wildman–Crippen LogP) is -2.50. The summed E-state index contributed by atoms with van der Waals surface area (Å²) in [6.07, 6.45) is -1.39. The highest BCUT2D eigenvalue weighted by molar-refractivity contribution is 4.88. The first-order valence-corrected chi connectivity index (χ1v) is 8.78. The number of aliphatic hydroxyl groups excluding tert-OH is 4. The molecule has 0 spiro atoms. The quantitative estimate of drug-likeness (QED) is 0.174. The average Bonchev–Trinajstić information content (AvgIpc) is 2.68. The van der Waals surface area contributed by atoms with Crippen molar-refractivity contribution < 1.29 is 48.8 Å². The van der Waals surface area contributed by atoms with Crippen LogP contribution < -0.4 is 0 Å². The van der Waals surface area contributed by atoms with Gasteiger partial charge in [-0.25, -0.2) is 0 Å². The predicted molar refractivity (Wildman–Crippen MR) is 91.8 cm³/mol. The highest BCUT2D eigenvalue weighted by Gasteiger charge is 2.43. The monoisotopic (exact) mass is 394 g/mol. The van der Waals surface area contributed by atoms with Crippen molar-refractivity contribution in [3.05, 3.63) is 0 Å². The van der Waals surface area contributed by atoms with E-state index in [1.165, 1.54) is 0 Å². The summed E-state index contributed by atoms with van der Waals surface area (Å²) in [5, 5.41) is 38.2. The molecule has 0 aromatic carbocycles. The Morgan fingerprint density at radius 2 is 1.26 bits per heavy atom. The molecule has 1 aliphatic rings. The Labute approximate surface area is 158 Å². The lowest BCUT2D eigenvalue weighted by Crippen LogP contribution is -2.59. The van der Waals surface area contributed by atoms with Gasteiger partial charge in [0.25, 0.3) is 0 Å². The molecule has 0 radical (unpaired) electrons. The van der Waals surface area contributed by atoms with Crippen LogP contribution in [-0.4, -0.2) is 117 Å². The van der Waals surface area contributed by atoms with Gasteiger partial charge in [0.15, 0.2) is 6.29 Å². The van der Waals surface area contributed by atoms with E-state index in [0.717, 1.165) is 0 Å². The molecule has 0 aromatic heterocycles. The first kappa shape index (κ1) is 24.2. The summed E-state index contributed by atoms with van der Waals surface area (Å²) < 4.78 is 31.4. The number of terminal acetylenes is 1. The van der Waals surface area contributed by atoms with E-state index in [9.17, 15) is 15.3 Å². The molecule has 27 heavy (non-hydrogen) atoms. The summed E-state index contributed by atoms with van der Waals surface area (Å²) >= 11 is 0. The minimum atomic E-state index is -1.46. The summed E-state index contributed by atoms with van der Waals surface area (Å²) in [5.74, 6) is 2.36. The van der Waals surface area contributed by atoms with Crippen molar-refractivity contribution in [2.24, 2.45) is 0 Å². The maximum Gasteiger partial charge on any atom is 0.186 e. The molecule has 5 atom stereocenters. The molecule has 0 unspecified atom stereocenters. The number of rotatable bonds is 15. The molecular formula is C17H30O10. The summed E-state index contributed by atoms with van der Waals surface area (Å²) in [6, 6.07) is 0. The third-order valence-electron chi connectivity index (χ3n) is 3.66. The van der Waals surface area contributed by atoms with E-state index in [-0.39, 0.29) is 19.8 Å². The van der Waals surface area contributed by atoms with Gasteiger partial charge < -0.3 is 48.8 Å². The van der Waals surface area contributed by atoms with Crippen LogP contribution in [-0.2, 0) is 28.4 Å². The SMILES string of the molecule is C#CCOCCOCCOCCOCCO[C@H]1O[C@@H](CO)[C@H](O)[C@@H](O)[C@@H]1O. The van der Waals surface area contributed by atoms with Crippen LogP contribution in [0.2, 0.25) is 0 Å². The molecule has 1 rings (SSSR count). The smallest absolute Gasteiger partial charge is 0.186 e. The molecule has 1 fully saturated rings. The van der Waals surface area contributed by atoms with Gasteiger partial charge in [-0.2, -0.15) is 0 Å². The third kappa shape index (κ3) is 9.77. The summed E-state index contributed by atoms with van der Waals surface area (Å²) in [6.45, 7) is 2.61. The summed E-state index contributed by atoms with van der Waals surface area (Å²) in [4.78, 5) is 0. The van der Waals surface area contributed by atoms with Gasteiger partial charge >= 0.3 is 0 Å². The second-order valence-corrected chi connectivity index (χ2v) is 5.66. The van der Waals surface area contributed by atoms with Gasteiger partial charge in [-0.1, -0.05) is 5.92 Å². The molecule has 0 bridgehead atoms. The molecule has 10 heteroatoms. The van der Waals surface area contributed by atoms with Crippen LogP contribution in [0.5, 0.6) is 0 Å². The van der Waals surface area contributed by atoms with E-state index in [0.29, 0.717) is 39.6 Å². The average molecular weight is 394 g/mol. The molecule has 10 nitrogen and oxygen atoms in total. The van der Waals surface area contributed by atoms with Gasteiger partial charge in [0.1, 0.15) is 31.0 Å². The molecule has 158 valence electrons. The third-order valence-corrected chi connectivity index (χ3v) is 3.66. The standard InChI is InChI=1S/C17H30O10/c1-2-3-22-4-5-23-6-7-24-8-9-25-10-11-26-17-16(21)15(20)14(19)13(12-18)27-17/h1,13-21H,3-12H2/t13-,14-,15+,16-,17-/m0/s1. The fraction of sp³-hybridized carbons (Fsp3) is 0.882. The van der Waals surface area contributed by atoms with Crippen LogP contribution >= 0.6 is 0 Å². The summed E-state index contributed by atoms with van der Waals surface area (Å²) in [5.41, 5.74) is 0. The number of aliphatic hydroxyl groups is 4. The second-order valence-electron chi connectivity index (χ2n) is 5.66. The van der Waals surface area contributed by atoms with Gasteiger partial charge in [-0.15, -0.1) is 6.42 Å². The first-order chi connectivity index (χ1) is 13.1. The second kappa shape index (κ2) is 15.1. The van der Waals surface area contributed by atoms with E-state index in [4.69, 9.17) is 40.0 Å². The van der Waals surface area contributed by atoms with Crippen molar-refractivity contribution in [2.75, 3.05) is 66.1 Å². The lowest BCUT2D eigenvalue weighted by molar-refractivity contribution is -0.302.